The quantitative estimate of drug-likeness (QED) is 0.862. The second-order valence-electron chi connectivity index (χ2n) is 5.35. The van der Waals surface area contributed by atoms with Crippen LogP contribution < -0.4 is 15.4 Å². The van der Waals surface area contributed by atoms with Gasteiger partial charge in [-0.3, -0.25) is 4.79 Å². The van der Waals surface area contributed by atoms with Gasteiger partial charge >= 0.3 is 0 Å². The number of fused-ring (bicyclic) bond motifs is 1. The predicted molar refractivity (Wildman–Crippen MR) is 83.8 cm³/mol. The van der Waals surface area contributed by atoms with E-state index in [1.807, 2.05) is 48.2 Å². The molecule has 2 aromatic carbocycles. The molecule has 1 aliphatic heterocycles. The average molecular weight is 282 g/mol. The lowest BCUT2D eigenvalue weighted by molar-refractivity contribution is 0.0981. The van der Waals surface area contributed by atoms with Gasteiger partial charge in [0.25, 0.3) is 5.91 Å². The van der Waals surface area contributed by atoms with Gasteiger partial charge in [-0.2, -0.15) is 0 Å². The van der Waals surface area contributed by atoms with E-state index >= 15 is 0 Å². The number of rotatable bonds is 2. The van der Waals surface area contributed by atoms with Crippen LogP contribution >= 0.6 is 0 Å². The van der Waals surface area contributed by atoms with E-state index in [-0.39, 0.29) is 11.9 Å². The zero-order chi connectivity index (χ0) is 15.0. The van der Waals surface area contributed by atoms with Crippen LogP contribution in [-0.4, -0.2) is 19.1 Å². The van der Waals surface area contributed by atoms with Crippen LogP contribution in [-0.2, 0) is 6.42 Å². The molecule has 2 aromatic rings. The minimum absolute atomic E-state index is 0.00933. The fourth-order valence-corrected chi connectivity index (χ4v) is 2.86. The van der Waals surface area contributed by atoms with Gasteiger partial charge < -0.3 is 15.4 Å². The Morgan fingerprint density at radius 3 is 2.86 bits per heavy atom. The molecule has 2 N–H and O–H groups in total. The number of nitrogen functional groups attached to an aromatic ring is 1. The van der Waals surface area contributed by atoms with Gasteiger partial charge in [0.2, 0.25) is 0 Å². The lowest BCUT2D eigenvalue weighted by Gasteiger charge is -2.23. The van der Waals surface area contributed by atoms with Crippen molar-refractivity contribution in [1.29, 1.82) is 0 Å². The van der Waals surface area contributed by atoms with Crippen LogP contribution in [0.5, 0.6) is 5.75 Å². The highest BCUT2D eigenvalue weighted by atomic mass is 16.5. The molecule has 1 heterocycles. The summed E-state index contributed by atoms with van der Waals surface area (Å²) in [6.45, 7) is 2.05. The fourth-order valence-electron chi connectivity index (χ4n) is 2.86. The molecular weight excluding hydrogens is 264 g/mol. The molecule has 0 radical (unpaired) electrons. The summed E-state index contributed by atoms with van der Waals surface area (Å²) >= 11 is 0. The van der Waals surface area contributed by atoms with Crippen LogP contribution in [0, 0.1) is 0 Å². The van der Waals surface area contributed by atoms with E-state index in [1.165, 1.54) is 0 Å². The highest BCUT2D eigenvalue weighted by Gasteiger charge is 2.31. The lowest BCUT2D eigenvalue weighted by atomic mass is 10.1. The molecule has 0 bridgehead atoms. The molecule has 4 heteroatoms. The van der Waals surface area contributed by atoms with Gasteiger partial charge in [-0.15, -0.1) is 0 Å². The number of nitrogens with two attached hydrogens (primary N) is 1. The first-order valence-electron chi connectivity index (χ1n) is 6.96. The first-order valence-corrected chi connectivity index (χ1v) is 6.96. The zero-order valence-electron chi connectivity index (χ0n) is 12.2. The van der Waals surface area contributed by atoms with Crippen molar-refractivity contribution in [2.45, 2.75) is 19.4 Å². The van der Waals surface area contributed by atoms with Crippen LogP contribution in [0.2, 0.25) is 0 Å². The van der Waals surface area contributed by atoms with Crippen LogP contribution in [0.4, 0.5) is 11.4 Å². The molecule has 4 nitrogen and oxygen atoms in total. The summed E-state index contributed by atoms with van der Waals surface area (Å²) in [4.78, 5) is 14.6. The van der Waals surface area contributed by atoms with E-state index in [2.05, 4.69) is 0 Å². The van der Waals surface area contributed by atoms with Crippen molar-refractivity contribution in [3.63, 3.8) is 0 Å². The Morgan fingerprint density at radius 1 is 1.29 bits per heavy atom. The van der Waals surface area contributed by atoms with E-state index in [4.69, 9.17) is 10.5 Å². The molecule has 0 aliphatic carbocycles. The molecule has 1 amide bonds. The summed E-state index contributed by atoms with van der Waals surface area (Å²) in [6, 6.07) is 13.1. The first-order chi connectivity index (χ1) is 10.1. The Morgan fingerprint density at radius 2 is 2.10 bits per heavy atom. The van der Waals surface area contributed by atoms with E-state index in [1.54, 1.807) is 13.2 Å². The van der Waals surface area contributed by atoms with E-state index < -0.39 is 0 Å². The Kier molecular flexibility index (Phi) is 3.29. The van der Waals surface area contributed by atoms with Crippen LogP contribution in [0.3, 0.4) is 0 Å². The second-order valence-corrected chi connectivity index (χ2v) is 5.35. The molecular formula is C17H18N2O2. The first kappa shape index (κ1) is 13.5. The van der Waals surface area contributed by atoms with E-state index in [0.29, 0.717) is 11.3 Å². The maximum absolute atomic E-state index is 12.8. The van der Waals surface area contributed by atoms with Crippen molar-refractivity contribution >= 4 is 17.3 Å². The molecule has 21 heavy (non-hydrogen) atoms. The topological polar surface area (TPSA) is 55.6 Å². The van der Waals surface area contributed by atoms with Crippen molar-refractivity contribution in [2.24, 2.45) is 0 Å². The average Bonchev–Trinajstić information content (AvgIpc) is 2.81. The normalized spacial score (nSPS) is 16.7. The summed E-state index contributed by atoms with van der Waals surface area (Å²) in [5, 5.41) is 0. The summed E-state index contributed by atoms with van der Waals surface area (Å²) in [5.41, 5.74) is 9.26. The number of hydrogen-bond acceptors (Lipinski definition) is 3. The summed E-state index contributed by atoms with van der Waals surface area (Å²) in [6.07, 6.45) is 0.829. The Labute approximate surface area is 124 Å². The smallest absolute Gasteiger partial charge is 0.258 e. The Balaban J connectivity index is 1.98. The van der Waals surface area contributed by atoms with Gasteiger partial charge in [0.1, 0.15) is 5.75 Å². The predicted octanol–water partition coefficient (Wildman–Crippen LogP) is 2.87. The number of carbonyl (C=O) groups excluding carboxylic acids is 1. The van der Waals surface area contributed by atoms with Gasteiger partial charge in [0.05, 0.1) is 7.11 Å². The molecule has 0 fully saturated rings. The third kappa shape index (κ3) is 2.33. The summed E-state index contributed by atoms with van der Waals surface area (Å²) in [7, 11) is 1.60. The van der Waals surface area contributed by atoms with Gasteiger partial charge in [-0.05, 0) is 55.3 Å². The Hall–Kier alpha value is -2.49. The molecule has 108 valence electrons. The number of amides is 1. The van der Waals surface area contributed by atoms with Crippen molar-refractivity contribution in [1.82, 2.24) is 0 Å². The minimum Gasteiger partial charge on any atom is -0.497 e. The fraction of sp³-hybridized carbons (Fsp3) is 0.235. The lowest BCUT2D eigenvalue weighted by Crippen LogP contribution is -2.35. The molecule has 3 rings (SSSR count). The molecule has 0 spiro atoms. The number of nitrogens with zero attached hydrogens (tertiary/aromatic N) is 1. The van der Waals surface area contributed by atoms with Crippen LogP contribution in [0.15, 0.2) is 42.5 Å². The molecule has 0 saturated heterocycles. The Bertz CT molecular complexity index is 697. The maximum atomic E-state index is 12.8. The molecule has 0 aromatic heterocycles. The highest BCUT2D eigenvalue weighted by Crippen LogP contribution is 2.34. The third-order valence-electron chi connectivity index (χ3n) is 3.85. The minimum atomic E-state index is -0.00933. The summed E-state index contributed by atoms with van der Waals surface area (Å²) in [5.74, 6) is 0.676. The number of ether oxygens (including phenoxy) is 1. The number of anilines is 2. The van der Waals surface area contributed by atoms with Crippen LogP contribution in [0.25, 0.3) is 0 Å². The van der Waals surface area contributed by atoms with Gasteiger partial charge in [0, 0.05) is 23.0 Å². The van der Waals surface area contributed by atoms with Gasteiger partial charge in [0.15, 0.2) is 0 Å². The third-order valence-corrected chi connectivity index (χ3v) is 3.85. The largest absolute Gasteiger partial charge is 0.497 e. The standard InChI is InChI=1S/C17H18N2O2/c1-11-8-13-9-14(18)6-7-16(13)19(11)17(20)12-4-3-5-15(10-12)21-2/h3-7,9-11H,8,18H2,1-2H3. The molecule has 1 atom stereocenters. The van der Waals surface area contributed by atoms with Crippen molar-refractivity contribution < 1.29 is 9.53 Å². The second kappa shape index (κ2) is 5.13. The molecule has 0 saturated carbocycles. The number of methoxy groups -OCH3 is 1. The van der Waals surface area contributed by atoms with Crippen molar-refractivity contribution in [3.05, 3.63) is 53.6 Å². The van der Waals surface area contributed by atoms with Gasteiger partial charge in [-0.1, -0.05) is 6.07 Å². The molecule has 1 unspecified atom stereocenters. The maximum Gasteiger partial charge on any atom is 0.258 e. The summed E-state index contributed by atoms with van der Waals surface area (Å²) < 4.78 is 5.19. The van der Waals surface area contributed by atoms with E-state index in [0.717, 1.165) is 23.4 Å². The highest BCUT2D eigenvalue weighted by molar-refractivity contribution is 6.08. The monoisotopic (exact) mass is 282 g/mol. The zero-order valence-corrected chi connectivity index (χ0v) is 12.2. The number of carbonyl (C=O) groups is 1. The molecule has 1 aliphatic rings. The van der Waals surface area contributed by atoms with Gasteiger partial charge in [-0.25, -0.2) is 0 Å². The number of hydrogen-bond donors (Lipinski definition) is 1. The van der Waals surface area contributed by atoms with Crippen molar-refractivity contribution in [3.8, 4) is 5.75 Å². The SMILES string of the molecule is COc1cccc(C(=O)N2c3ccc(N)cc3CC2C)c1. The van der Waals surface area contributed by atoms with Crippen LogP contribution in [0.1, 0.15) is 22.8 Å². The van der Waals surface area contributed by atoms with E-state index in [9.17, 15) is 4.79 Å². The van der Waals surface area contributed by atoms with Crippen molar-refractivity contribution in [2.75, 3.05) is 17.7 Å². The number of benzene rings is 2.